The minimum Gasteiger partial charge on any atom is -0.497 e. The van der Waals surface area contributed by atoms with E-state index in [0.29, 0.717) is 28.6 Å². The van der Waals surface area contributed by atoms with Crippen LogP contribution in [0.2, 0.25) is 0 Å². The fraction of sp³-hybridized carbons (Fsp3) is 0.174. The minimum absolute atomic E-state index is 0.0343. The molecule has 9 nitrogen and oxygen atoms in total. The molecule has 0 spiro atoms. The summed E-state index contributed by atoms with van der Waals surface area (Å²) in [5, 5.41) is 19.4. The highest BCUT2D eigenvalue weighted by atomic mass is 16.5. The van der Waals surface area contributed by atoms with E-state index in [0.717, 1.165) is 16.8 Å². The van der Waals surface area contributed by atoms with Crippen molar-refractivity contribution in [1.29, 1.82) is 5.26 Å². The van der Waals surface area contributed by atoms with Crippen LogP contribution in [0.5, 0.6) is 17.4 Å². The molecule has 1 aliphatic heterocycles. The topological polar surface area (TPSA) is 135 Å². The number of carbonyl (C=O) groups excluding carboxylic acids is 1. The van der Waals surface area contributed by atoms with E-state index >= 15 is 0 Å². The van der Waals surface area contributed by atoms with Crippen LogP contribution in [0, 0.1) is 18.3 Å². The Balaban J connectivity index is 1.44. The number of nitriles is 1. The summed E-state index contributed by atoms with van der Waals surface area (Å²) < 4.78 is 16.2. The number of ether oxygens (including phenoxy) is 3. The van der Waals surface area contributed by atoms with Crippen LogP contribution in [0.3, 0.4) is 0 Å². The molecule has 0 fully saturated rings. The molecule has 4 rings (SSSR count). The van der Waals surface area contributed by atoms with Gasteiger partial charge in [0.05, 0.1) is 13.0 Å². The number of allylic oxidation sites excluding steroid dienone is 1. The number of methoxy groups -OCH3 is 1. The molecule has 162 valence electrons. The maximum Gasteiger partial charge on any atom is 0.262 e. The number of hydrogen-bond acceptors (Lipinski definition) is 7. The van der Waals surface area contributed by atoms with Crippen molar-refractivity contribution in [2.45, 2.75) is 12.8 Å². The van der Waals surface area contributed by atoms with Gasteiger partial charge >= 0.3 is 0 Å². The summed E-state index contributed by atoms with van der Waals surface area (Å²) in [5.41, 5.74) is 9.28. The minimum atomic E-state index is -0.407. The van der Waals surface area contributed by atoms with Crippen molar-refractivity contribution in [2.24, 2.45) is 5.73 Å². The molecule has 0 radical (unpaired) electrons. The predicted octanol–water partition coefficient (Wildman–Crippen LogP) is 2.96. The van der Waals surface area contributed by atoms with Gasteiger partial charge < -0.3 is 25.3 Å². The van der Waals surface area contributed by atoms with E-state index in [9.17, 15) is 10.1 Å². The summed E-state index contributed by atoms with van der Waals surface area (Å²) in [5.74, 6) is 0.925. The molecule has 3 aromatic rings. The molecule has 1 aliphatic rings. The number of carbonyl (C=O) groups is 1. The lowest BCUT2D eigenvalue weighted by molar-refractivity contribution is -0.118. The summed E-state index contributed by atoms with van der Waals surface area (Å²) in [6.45, 7) is 1.71. The van der Waals surface area contributed by atoms with Gasteiger partial charge in [0, 0.05) is 16.9 Å². The number of hydrogen-bond donors (Lipinski definition) is 3. The van der Waals surface area contributed by atoms with Crippen molar-refractivity contribution < 1.29 is 19.0 Å². The Hall–Kier alpha value is -4.45. The van der Waals surface area contributed by atoms with Gasteiger partial charge in [-0.3, -0.25) is 9.89 Å². The van der Waals surface area contributed by atoms with Gasteiger partial charge in [0.15, 0.2) is 6.61 Å². The average Bonchev–Trinajstić information content (AvgIpc) is 3.17. The van der Waals surface area contributed by atoms with Gasteiger partial charge in [-0.15, -0.1) is 5.10 Å². The Kier molecular flexibility index (Phi) is 5.68. The lowest BCUT2D eigenvalue weighted by Crippen LogP contribution is -2.21. The largest absolute Gasteiger partial charge is 0.497 e. The number of fused-ring (bicyclic) bond motifs is 1. The molecule has 0 saturated carbocycles. The molecule has 9 heteroatoms. The fourth-order valence-electron chi connectivity index (χ4n) is 3.51. The second kappa shape index (κ2) is 8.73. The molecule has 2 aromatic carbocycles. The molecular formula is C23H21N5O4. The van der Waals surface area contributed by atoms with Crippen LogP contribution in [0.4, 0.5) is 5.69 Å². The Morgan fingerprint density at radius 3 is 2.56 bits per heavy atom. The van der Waals surface area contributed by atoms with Gasteiger partial charge in [0.1, 0.15) is 23.1 Å². The van der Waals surface area contributed by atoms with Gasteiger partial charge in [-0.25, -0.2) is 0 Å². The molecule has 32 heavy (non-hydrogen) atoms. The number of nitrogens with two attached hydrogens (primary N) is 1. The maximum atomic E-state index is 12.2. The number of rotatable bonds is 6. The van der Waals surface area contributed by atoms with E-state index in [1.807, 2.05) is 19.1 Å². The molecule has 0 saturated heterocycles. The Morgan fingerprint density at radius 1 is 1.22 bits per heavy atom. The standard InChI is InChI=1S/C23H21N5O4/c1-13-20-21(18(11-24)22(25)32-23(20)28-27-13)14-3-7-17(8-4-14)31-12-19(29)26-15-5-9-16(30-2)10-6-15/h3-10,21H,12,25H2,1-2H3,(H,26,29)(H,27,28)/t21-/m1/s1. The lowest BCUT2D eigenvalue weighted by Gasteiger charge is -2.23. The van der Waals surface area contributed by atoms with Crippen LogP contribution in [0.25, 0.3) is 0 Å². The SMILES string of the molecule is COc1ccc(NC(=O)COc2ccc([C@@H]3C(C#N)=C(N)Oc4n[nH]c(C)c43)cc2)cc1. The van der Waals surface area contributed by atoms with Crippen LogP contribution < -0.4 is 25.3 Å². The molecular weight excluding hydrogens is 410 g/mol. The van der Waals surface area contributed by atoms with E-state index in [1.54, 1.807) is 43.5 Å². The van der Waals surface area contributed by atoms with Crippen LogP contribution >= 0.6 is 0 Å². The van der Waals surface area contributed by atoms with E-state index in [4.69, 9.17) is 19.9 Å². The first-order valence-corrected chi connectivity index (χ1v) is 9.79. The molecule has 2 heterocycles. The van der Waals surface area contributed by atoms with Gasteiger partial charge in [0.25, 0.3) is 5.91 Å². The molecule has 4 N–H and O–H groups in total. The van der Waals surface area contributed by atoms with E-state index in [1.165, 1.54) is 0 Å². The maximum absolute atomic E-state index is 12.2. The first kappa shape index (κ1) is 20.8. The number of H-pyrrole nitrogens is 1. The van der Waals surface area contributed by atoms with Crippen molar-refractivity contribution in [3.05, 3.63) is 76.8 Å². The monoisotopic (exact) mass is 431 g/mol. The summed E-state index contributed by atoms with van der Waals surface area (Å²) in [6, 6.07) is 16.3. The van der Waals surface area contributed by atoms with E-state index < -0.39 is 5.92 Å². The normalized spacial score (nSPS) is 14.7. The highest BCUT2D eigenvalue weighted by Gasteiger charge is 2.34. The van der Waals surface area contributed by atoms with Gasteiger partial charge in [-0.05, 0) is 48.9 Å². The molecule has 1 amide bonds. The fourth-order valence-corrected chi connectivity index (χ4v) is 3.51. The second-order valence-electron chi connectivity index (χ2n) is 7.13. The summed E-state index contributed by atoms with van der Waals surface area (Å²) >= 11 is 0. The van der Waals surface area contributed by atoms with Crippen molar-refractivity contribution in [2.75, 3.05) is 19.0 Å². The summed E-state index contributed by atoms with van der Waals surface area (Å²) in [4.78, 5) is 12.2. The van der Waals surface area contributed by atoms with Crippen molar-refractivity contribution in [3.8, 4) is 23.4 Å². The van der Waals surface area contributed by atoms with Crippen LogP contribution in [0.15, 0.2) is 60.0 Å². The molecule has 0 unspecified atom stereocenters. The van der Waals surface area contributed by atoms with Crippen molar-refractivity contribution >= 4 is 11.6 Å². The van der Waals surface area contributed by atoms with Crippen molar-refractivity contribution in [3.63, 3.8) is 0 Å². The third kappa shape index (κ3) is 4.06. The third-order valence-corrected chi connectivity index (χ3v) is 5.09. The zero-order valence-electron chi connectivity index (χ0n) is 17.5. The summed E-state index contributed by atoms with van der Waals surface area (Å²) in [6.07, 6.45) is 0. The number of aromatic nitrogens is 2. The molecule has 0 bridgehead atoms. The number of aryl methyl sites for hydroxylation is 1. The van der Waals surface area contributed by atoms with E-state index in [2.05, 4.69) is 21.6 Å². The van der Waals surface area contributed by atoms with Crippen LogP contribution in [-0.4, -0.2) is 29.8 Å². The number of nitrogens with one attached hydrogen (secondary N) is 2. The number of anilines is 1. The third-order valence-electron chi connectivity index (χ3n) is 5.09. The van der Waals surface area contributed by atoms with Gasteiger partial charge in [0.2, 0.25) is 11.8 Å². The predicted molar refractivity (Wildman–Crippen MR) is 116 cm³/mol. The Bertz CT molecular complexity index is 1210. The number of nitrogens with zero attached hydrogens (tertiary/aromatic N) is 2. The second-order valence-corrected chi connectivity index (χ2v) is 7.13. The Morgan fingerprint density at radius 2 is 1.91 bits per heavy atom. The van der Waals surface area contributed by atoms with Crippen LogP contribution in [-0.2, 0) is 4.79 Å². The van der Waals surface area contributed by atoms with Crippen molar-refractivity contribution in [1.82, 2.24) is 10.2 Å². The molecule has 1 aromatic heterocycles. The van der Waals surface area contributed by atoms with Gasteiger partial charge in [-0.2, -0.15) is 5.26 Å². The Labute approximate surface area is 184 Å². The lowest BCUT2D eigenvalue weighted by atomic mass is 9.84. The summed E-state index contributed by atoms with van der Waals surface area (Å²) in [7, 11) is 1.58. The first-order chi connectivity index (χ1) is 15.5. The zero-order chi connectivity index (χ0) is 22.7. The zero-order valence-corrected chi connectivity index (χ0v) is 17.5. The quantitative estimate of drug-likeness (QED) is 0.546. The smallest absolute Gasteiger partial charge is 0.262 e. The number of benzene rings is 2. The average molecular weight is 431 g/mol. The molecule has 0 aliphatic carbocycles. The first-order valence-electron chi connectivity index (χ1n) is 9.79. The van der Waals surface area contributed by atoms with E-state index in [-0.39, 0.29) is 18.4 Å². The highest BCUT2D eigenvalue weighted by Crippen LogP contribution is 2.42. The number of aromatic amines is 1. The molecule has 1 atom stereocenters. The van der Waals surface area contributed by atoms with Crippen LogP contribution in [0.1, 0.15) is 22.7 Å². The number of amides is 1. The highest BCUT2D eigenvalue weighted by molar-refractivity contribution is 5.91. The van der Waals surface area contributed by atoms with Gasteiger partial charge in [-0.1, -0.05) is 12.1 Å².